The largest absolute Gasteiger partial charge is 0.249 e. The summed E-state index contributed by atoms with van der Waals surface area (Å²) in [5, 5.41) is 0.511. The molecule has 1 heterocycles. The first-order valence-corrected chi connectivity index (χ1v) is 5.19. The number of aromatic nitrogens is 1. The first kappa shape index (κ1) is 8.55. The zero-order chi connectivity index (χ0) is 8.48. The van der Waals surface area contributed by atoms with Gasteiger partial charge in [0.05, 0.1) is 9.92 Å². The van der Waals surface area contributed by atoms with Crippen LogP contribution in [0.5, 0.6) is 0 Å². The van der Waals surface area contributed by atoms with Crippen molar-refractivity contribution >= 4 is 22.5 Å². The summed E-state index contributed by atoms with van der Waals surface area (Å²) in [5.41, 5.74) is 0. The number of sulfone groups is 1. The van der Waals surface area contributed by atoms with E-state index in [9.17, 15) is 8.42 Å². The van der Waals surface area contributed by atoms with E-state index in [1.54, 1.807) is 6.07 Å². The van der Waals surface area contributed by atoms with Crippen molar-refractivity contribution in [3.63, 3.8) is 0 Å². The molecule has 3 nitrogen and oxygen atoms in total. The molecule has 0 amide bonds. The Kier molecular flexibility index (Phi) is 2.20. The standard InChI is InChI=1S/C6H7NO2S2/c1-11(8,9)5-2-3-6(10)7-4-5/h2-4H,1H3,(H,7,10). The first-order chi connectivity index (χ1) is 5.00. The van der Waals surface area contributed by atoms with Crippen LogP contribution in [0.4, 0.5) is 0 Å². The maximum Gasteiger partial charge on any atom is 0.177 e. The number of pyridine rings is 1. The number of nitrogens with zero attached hydrogens (tertiary/aromatic N) is 1. The fourth-order valence-electron chi connectivity index (χ4n) is 0.592. The van der Waals surface area contributed by atoms with Crippen molar-refractivity contribution in [1.29, 1.82) is 0 Å². The molecule has 0 bridgehead atoms. The molecular weight excluding hydrogens is 182 g/mol. The molecule has 0 unspecified atom stereocenters. The predicted octanol–water partition coefficient (Wildman–Crippen LogP) is 0.774. The van der Waals surface area contributed by atoms with Crippen molar-refractivity contribution < 1.29 is 8.42 Å². The van der Waals surface area contributed by atoms with Gasteiger partial charge in [0.2, 0.25) is 0 Å². The van der Waals surface area contributed by atoms with E-state index < -0.39 is 9.84 Å². The minimum absolute atomic E-state index is 0.218. The van der Waals surface area contributed by atoms with Gasteiger partial charge in [0.25, 0.3) is 0 Å². The Morgan fingerprint density at radius 2 is 2.09 bits per heavy atom. The molecule has 0 aliphatic carbocycles. The lowest BCUT2D eigenvalue weighted by Gasteiger charge is -1.95. The molecule has 0 spiro atoms. The molecule has 0 saturated heterocycles. The van der Waals surface area contributed by atoms with Crippen molar-refractivity contribution in [3.8, 4) is 0 Å². The Bertz CT molecular complexity index is 341. The molecule has 1 aromatic rings. The second kappa shape index (κ2) is 2.83. The van der Waals surface area contributed by atoms with Crippen LogP contribution in [0, 0.1) is 0 Å². The lowest BCUT2D eigenvalue weighted by Crippen LogP contribution is -1.96. The van der Waals surface area contributed by atoms with Gasteiger partial charge < -0.3 is 0 Å². The highest BCUT2D eigenvalue weighted by atomic mass is 32.2. The van der Waals surface area contributed by atoms with Crippen molar-refractivity contribution in [2.45, 2.75) is 9.92 Å². The van der Waals surface area contributed by atoms with Gasteiger partial charge >= 0.3 is 0 Å². The highest BCUT2D eigenvalue weighted by molar-refractivity contribution is 7.90. The molecule has 1 rings (SSSR count). The molecule has 0 fully saturated rings. The predicted molar refractivity (Wildman–Crippen MR) is 44.6 cm³/mol. The van der Waals surface area contributed by atoms with Crippen LogP contribution in [-0.4, -0.2) is 19.7 Å². The molecule has 11 heavy (non-hydrogen) atoms. The van der Waals surface area contributed by atoms with Gasteiger partial charge in [-0.25, -0.2) is 13.4 Å². The lowest BCUT2D eigenvalue weighted by atomic mass is 10.5. The minimum atomic E-state index is -3.12. The Morgan fingerprint density at radius 1 is 1.45 bits per heavy atom. The quantitative estimate of drug-likeness (QED) is 0.664. The third-order valence-corrected chi connectivity index (χ3v) is 2.51. The van der Waals surface area contributed by atoms with Crippen LogP contribution in [0.3, 0.4) is 0 Å². The molecule has 0 radical (unpaired) electrons. The summed E-state index contributed by atoms with van der Waals surface area (Å²) in [5.74, 6) is 0. The van der Waals surface area contributed by atoms with Crippen molar-refractivity contribution in [3.05, 3.63) is 18.3 Å². The monoisotopic (exact) mass is 189 g/mol. The van der Waals surface area contributed by atoms with Crippen molar-refractivity contribution in [2.24, 2.45) is 0 Å². The third kappa shape index (κ3) is 2.20. The Hall–Kier alpha value is -0.550. The van der Waals surface area contributed by atoms with E-state index in [-0.39, 0.29) is 4.90 Å². The van der Waals surface area contributed by atoms with Crippen LogP contribution in [0.25, 0.3) is 0 Å². The molecule has 0 N–H and O–H groups in total. The second-order valence-electron chi connectivity index (χ2n) is 2.12. The molecule has 0 aromatic carbocycles. The first-order valence-electron chi connectivity index (χ1n) is 2.85. The molecular formula is C6H7NO2S2. The molecule has 0 saturated carbocycles. The zero-order valence-electron chi connectivity index (χ0n) is 5.85. The fraction of sp³-hybridized carbons (Fsp3) is 0.167. The Morgan fingerprint density at radius 3 is 2.45 bits per heavy atom. The highest BCUT2D eigenvalue weighted by Crippen LogP contribution is 2.08. The molecule has 0 aliphatic rings. The van der Waals surface area contributed by atoms with Crippen molar-refractivity contribution in [1.82, 2.24) is 4.98 Å². The van der Waals surface area contributed by atoms with Crippen LogP contribution in [0.15, 0.2) is 28.3 Å². The van der Waals surface area contributed by atoms with Crippen LogP contribution >= 0.6 is 12.6 Å². The molecule has 0 atom stereocenters. The van der Waals surface area contributed by atoms with Gasteiger partial charge in [-0.05, 0) is 12.1 Å². The van der Waals surface area contributed by atoms with E-state index in [1.807, 2.05) is 0 Å². The summed E-state index contributed by atoms with van der Waals surface area (Å²) >= 11 is 3.92. The average molecular weight is 189 g/mol. The maximum atomic E-state index is 10.9. The van der Waals surface area contributed by atoms with E-state index in [0.29, 0.717) is 5.03 Å². The van der Waals surface area contributed by atoms with Crippen LogP contribution in [0.1, 0.15) is 0 Å². The average Bonchev–Trinajstić information content (AvgIpc) is 1.86. The maximum absolute atomic E-state index is 10.9. The smallest absolute Gasteiger partial charge is 0.177 e. The van der Waals surface area contributed by atoms with Gasteiger partial charge in [-0.2, -0.15) is 0 Å². The van der Waals surface area contributed by atoms with Gasteiger partial charge in [-0.15, -0.1) is 12.6 Å². The van der Waals surface area contributed by atoms with E-state index in [2.05, 4.69) is 17.6 Å². The lowest BCUT2D eigenvalue weighted by molar-refractivity contribution is 0.601. The van der Waals surface area contributed by atoms with Crippen LogP contribution in [-0.2, 0) is 9.84 Å². The van der Waals surface area contributed by atoms with E-state index >= 15 is 0 Å². The Balaban J connectivity index is 3.20. The molecule has 60 valence electrons. The molecule has 1 aromatic heterocycles. The summed E-state index contributed by atoms with van der Waals surface area (Å²) in [6.45, 7) is 0. The summed E-state index contributed by atoms with van der Waals surface area (Å²) in [6.07, 6.45) is 2.43. The minimum Gasteiger partial charge on any atom is -0.249 e. The second-order valence-corrected chi connectivity index (χ2v) is 4.60. The number of rotatable bonds is 1. The van der Waals surface area contributed by atoms with Gasteiger partial charge in [0.1, 0.15) is 0 Å². The number of thiol groups is 1. The Labute approximate surface area is 70.8 Å². The third-order valence-electron chi connectivity index (χ3n) is 1.15. The van der Waals surface area contributed by atoms with Crippen LogP contribution < -0.4 is 0 Å². The summed E-state index contributed by atoms with van der Waals surface area (Å²) in [4.78, 5) is 3.95. The topological polar surface area (TPSA) is 47.0 Å². The van der Waals surface area contributed by atoms with Gasteiger partial charge in [0, 0.05) is 12.5 Å². The van der Waals surface area contributed by atoms with Gasteiger partial charge in [-0.3, -0.25) is 0 Å². The molecule has 0 aliphatic heterocycles. The number of hydrogen-bond acceptors (Lipinski definition) is 4. The van der Waals surface area contributed by atoms with Crippen LogP contribution in [0.2, 0.25) is 0 Å². The summed E-state index contributed by atoms with van der Waals surface area (Å²) < 4.78 is 21.8. The highest BCUT2D eigenvalue weighted by Gasteiger charge is 2.05. The van der Waals surface area contributed by atoms with Gasteiger partial charge in [-0.1, -0.05) is 0 Å². The SMILES string of the molecule is CS(=O)(=O)c1ccc(S)nc1. The number of hydrogen-bond donors (Lipinski definition) is 1. The fourth-order valence-corrected chi connectivity index (χ4v) is 1.28. The summed E-state index contributed by atoms with van der Waals surface area (Å²) in [7, 11) is -3.12. The summed E-state index contributed by atoms with van der Waals surface area (Å²) in [6, 6.07) is 3.02. The van der Waals surface area contributed by atoms with E-state index in [0.717, 1.165) is 6.26 Å². The van der Waals surface area contributed by atoms with Crippen molar-refractivity contribution in [2.75, 3.05) is 6.26 Å². The van der Waals surface area contributed by atoms with E-state index in [1.165, 1.54) is 12.3 Å². The normalized spacial score (nSPS) is 11.5. The zero-order valence-corrected chi connectivity index (χ0v) is 7.56. The van der Waals surface area contributed by atoms with Gasteiger partial charge in [0.15, 0.2) is 9.84 Å². The van der Waals surface area contributed by atoms with E-state index in [4.69, 9.17) is 0 Å². The molecule has 5 heteroatoms.